The number of hydrogen-bond donors (Lipinski definition) is 0. The van der Waals surface area contributed by atoms with E-state index >= 15 is 0 Å². The molecule has 0 nitrogen and oxygen atoms in total. The molecule has 0 N–H and O–H groups in total. The summed E-state index contributed by atoms with van der Waals surface area (Å²) in [5, 5.41) is 0. The number of rotatable bonds is 3. The first kappa shape index (κ1) is 19.0. The van der Waals surface area contributed by atoms with E-state index in [2.05, 4.69) is 51.2 Å². The van der Waals surface area contributed by atoms with Gasteiger partial charge in [0.05, 0.1) is 0 Å². The van der Waals surface area contributed by atoms with Gasteiger partial charge in [-0.15, -0.1) is 0 Å². The Hall–Kier alpha value is 1.02. The second-order valence-corrected chi connectivity index (χ2v) is 24.3. The van der Waals surface area contributed by atoms with Gasteiger partial charge < -0.3 is 34.0 Å². The van der Waals surface area contributed by atoms with Crippen molar-refractivity contribution in [3.05, 3.63) is 42.0 Å². The fourth-order valence-electron chi connectivity index (χ4n) is 2.75. The third-order valence-electron chi connectivity index (χ3n) is 3.56. The van der Waals surface area contributed by atoms with E-state index in [0.29, 0.717) is 0 Å². The summed E-state index contributed by atoms with van der Waals surface area (Å²) in [7, 11) is 0. The zero-order chi connectivity index (χ0) is 11.7. The molecular formula is C14H21Br2SiZr. The van der Waals surface area contributed by atoms with Crippen LogP contribution in [0.1, 0.15) is 26.7 Å². The molecule has 0 spiro atoms. The largest absolute Gasteiger partial charge is 1.00 e. The van der Waals surface area contributed by atoms with E-state index in [-0.39, 0.29) is 34.0 Å². The van der Waals surface area contributed by atoms with Crippen LogP contribution in [0.3, 0.4) is 0 Å². The van der Waals surface area contributed by atoms with E-state index in [1.807, 2.05) is 6.56 Å². The minimum Gasteiger partial charge on any atom is -1.00 e. The molecule has 0 aromatic heterocycles. The molecule has 0 atom stereocenters. The summed E-state index contributed by atoms with van der Waals surface area (Å²) in [6.45, 7) is 9.81. The van der Waals surface area contributed by atoms with Gasteiger partial charge in [0.25, 0.3) is 0 Å². The van der Waals surface area contributed by atoms with Crippen molar-refractivity contribution in [1.29, 1.82) is 0 Å². The van der Waals surface area contributed by atoms with E-state index in [9.17, 15) is 0 Å². The second-order valence-electron chi connectivity index (χ2n) is 5.10. The van der Waals surface area contributed by atoms with Crippen LogP contribution in [0.25, 0.3) is 0 Å². The molecule has 0 aliphatic heterocycles. The number of halogens is 2. The Morgan fingerprint density at radius 3 is 1.50 bits per heavy atom. The summed E-state index contributed by atoms with van der Waals surface area (Å²) in [6.07, 6.45) is 12.0. The van der Waals surface area contributed by atoms with Gasteiger partial charge in [-0.05, 0) is 0 Å². The molecule has 0 unspecified atom stereocenters. The minimum atomic E-state index is -1.40. The molecule has 0 radical (unpaired) electrons. The molecule has 0 aromatic carbocycles. The van der Waals surface area contributed by atoms with Crippen molar-refractivity contribution in [2.75, 3.05) is 0 Å². The quantitative estimate of drug-likeness (QED) is 0.424. The van der Waals surface area contributed by atoms with E-state index in [1.54, 1.807) is 11.1 Å². The molecule has 0 saturated heterocycles. The van der Waals surface area contributed by atoms with Crippen LogP contribution in [0.4, 0.5) is 0 Å². The average molecular weight is 468 g/mol. The molecule has 0 amide bonds. The monoisotopic (exact) mass is 465 g/mol. The first-order valence-electron chi connectivity index (χ1n) is 6.21. The zero-order valence-electron chi connectivity index (χ0n) is 11.6. The van der Waals surface area contributed by atoms with Crippen LogP contribution in [0, 0.1) is 0 Å². The predicted octanol–water partition coefficient (Wildman–Crippen LogP) is -1.94. The molecule has 0 saturated carbocycles. The Bertz CT molecular complexity index is 384. The van der Waals surface area contributed by atoms with Crippen LogP contribution < -0.4 is 34.0 Å². The van der Waals surface area contributed by atoms with Crippen LogP contribution in [0.15, 0.2) is 42.0 Å². The maximum Gasteiger partial charge on any atom is -1.00 e. The summed E-state index contributed by atoms with van der Waals surface area (Å²) < 4.78 is 3.81. The van der Waals surface area contributed by atoms with Crippen molar-refractivity contribution in [2.24, 2.45) is 0 Å². The van der Waals surface area contributed by atoms with Crippen molar-refractivity contribution >= 4 is 5.92 Å². The SMILES string of the molecule is CC1=[C]([Zr+2]([C]2=C(C)C=CC2)[SiH](C)C)CC=C1.[Br-].[Br-]. The normalized spacial score (nSPS) is 17.4. The smallest absolute Gasteiger partial charge is 1.00 e. The first-order chi connectivity index (χ1) is 7.61. The van der Waals surface area contributed by atoms with E-state index in [4.69, 9.17) is 0 Å². The van der Waals surface area contributed by atoms with Crippen molar-refractivity contribution in [3.63, 3.8) is 0 Å². The topological polar surface area (TPSA) is 0 Å². The fraction of sp³-hybridized carbons (Fsp3) is 0.429. The molecule has 2 aliphatic carbocycles. The van der Waals surface area contributed by atoms with Gasteiger partial charge in [0.15, 0.2) is 0 Å². The molecule has 2 rings (SSSR count). The van der Waals surface area contributed by atoms with Gasteiger partial charge in [0.2, 0.25) is 0 Å². The first-order valence-corrected chi connectivity index (χ1v) is 15.8. The molecule has 2 aliphatic rings. The summed E-state index contributed by atoms with van der Waals surface area (Å²) in [5.41, 5.74) is 3.23. The summed E-state index contributed by atoms with van der Waals surface area (Å²) in [6, 6.07) is 0. The molecule has 0 heterocycles. The van der Waals surface area contributed by atoms with Crippen LogP contribution in [-0.4, -0.2) is 5.92 Å². The van der Waals surface area contributed by atoms with Gasteiger partial charge in [-0.1, -0.05) is 0 Å². The zero-order valence-corrected chi connectivity index (χ0v) is 18.3. The van der Waals surface area contributed by atoms with E-state index in [1.165, 1.54) is 12.8 Å². The third kappa shape index (κ3) is 4.01. The molecule has 0 bridgehead atoms. The van der Waals surface area contributed by atoms with Crippen molar-refractivity contribution < 1.29 is 54.9 Å². The fourth-order valence-corrected chi connectivity index (χ4v) is 23.6. The molecule has 18 heavy (non-hydrogen) atoms. The Morgan fingerprint density at radius 1 is 0.889 bits per heavy atom. The van der Waals surface area contributed by atoms with Gasteiger partial charge >= 0.3 is 109 Å². The van der Waals surface area contributed by atoms with Gasteiger partial charge in [-0.25, -0.2) is 0 Å². The standard InChI is InChI=1S/2C6H7.C2H7Si.2BrH.Zr/c2*1-6-4-2-3-5-6;1-3-2;;;/h2*2,4H,3H2,1H3;3H,1-2H3;2*1H;/q;;;;;+2/p-2. The second kappa shape index (κ2) is 8.34. The number of allylic oxidation sites excluding steroid dienone is 8. The molecule has 4 heteroatoms. The number of hydrogen-bond acceptors (Lipinski definition) is 0. The third-order valence-corrected chi connectivity index (χ3v) is 23.5. The van der Waals surface area contributed by atoms with Gasteiger partial charge in [0.1, 0.15) is 0 Å². The van der Waals surface area contributed by atoms with E-state index in [0.717, 1.165) is 0 Å². The molecule has 99 valence electrons. The Balaban J connectivity index is 0.00000144. The predicted molar refractivity (Wildman–Crippen MR) is 71.8 cm³/mol. The average Bonchev–Trinajstić information content (AvgIpc) is 2.79. The maximum absolute atomic E-state index is 2.58. The Labute approximate surface area is 141 Å². The van der Waals surface area contributed by atoms with Crippen molar-refractivity contribution in [1.82, 2.24) is 0 Å². The summed E-state index contributed by atoms with van der Waals surface area (Å²) in [4.78, 5) is 0. The van der Waals surface area contributed by atoms with Crippen LogP contribution in [-0.2, 0) is 20.9 Å². The van der Waals surface area contributed by atoms with Gasteiger partial charge in [-0.3, -0.25) is 0 Å². The minimum absolute atomic E-state index is 0. The van der Waals surface area contributed by atoms with Crippen molar-refractivity contribution in [2.45, 2.75) is 39.8 Å². The van der Waals surface area contributed by atoms with E-state index < -0.39 is 26.8 Å². The van der Waals surface area contributed by atoms with Crippen LogP contribution in [0.2, 0.25) is 13.1 Å². The van der Waals surface area contributed by atoms with Crippen LogP contribution >= 0.6 is 0 Å². The summed E-state index contributed by atoms with van der Waals surface area (Å²) in [5.74, 6) is -0.468. The Morgan fingerprint density at radius 2 is 1.28 bits per heavy atom. The van der Waals surface area contributed by atoms with Gasteiger partial charge in [0, 0.05) is 0 Å². The molecule has 0 aromatic rings. The van der Waals surface area contributed by atoms with Crippen molar-refractivity contribution in [3.8, 4) is 0 Å². The maximum atomic E-state index is 2.58. The van der Waals surface area contributed by atoms with Gasteiger partial charge in [-0.2, -0.15) is 0 Å². The summed E-state index contributed by atoms with van der Waals surface area (Å²) >= 11 is -1.40. The molecular weight excluding hydrogens is 447 g/mol. The van der Waals surface area contributed by atoms with Crippen LogP contribution in [0.5, 0.6) is 0 Å². The molecule has 0 fully saturated rings. The Kier molecular flexibility index (Phi) is 8.81.